The first-order valence-corrected chi connectivity index (χ1v) is 7.84. The van der Waals surface area contributed by atoms with Gasteiger partial charge in [-0.05, 0) is 25.3 Å². The van der Waals surface area contributed by atoms with Crippen LogP contribution in [0.1, 0.15) is 19.3 Å². The van der Waals surface area contributed by atoms with Crippen molar-refractivity contribution >= 4 is 16.9 Å². The number of carbonyl (C=O) groups excluding carboxylic acids is 1. The molecule has 3 heterocycles. The SMILES string of the molecule is C=CCC1(O)CCN(C(=O)Cn2ccc3[nH]c(=O)[nH]c(=O)c32)CC1. The first-order valence-electron chi connectivity index (χ1n) is 7.84. The summed E-state index contributed by atoms with van der Waals surface area (Å²) in [6.07, 6.45) is 4.82. The molecule has 1 aliphatic heterocycles. The van der Waals surface area contributed by atoms with Crippen molar-refractivity contribution < 1.29 is 9.90 Å². The molecular formula is C16H20N4O4. The highest BCUT2D eigenvalue weighted by molar-refractivity contribution is 5.80. The van der Waals surface area contributed by atoms with E-state index in [1.54, 1.807) is 23.2 Å². The van der Waals surface area contributed by atoms with Gasteiger partial charge in [-0.2, -0.15) is 0 Å². The molecule has 3 N–H and O–H groups in total. The zero-order chi connectivity index (χ0) is 17.3. The predicted molar refractivity (Wildman–Crippen MR) is 88.8 cm³/mol. The van der Waals surface area contributed by atoms with Crippen molar-refractivity contribution in [3.63, 3.8) is 0 Å². The second-order valence-electron chi connectivity index (χ2n) is 6.21. The van der Waals surface area contributed by atoms with Crippen LogP contribution in [0.2, 0.25) is 0 Å². The number of rotatable bonds is 4. The fourth-order valence-electron chi connectivity index (χ4n) is 3.16. The maximum absolute atomic E-state index is 12.5. The fourth-order valence-corrected chi connectivity index (χ4v) is 3.16. The summed E-state index contributed by atoms with van der Waals surface area (Å²) in [5, 5.41) is 10.3. The van der Waals surface area contributed by atoms with E-state index >= 15 is 0 Å². The van der Waals surface area contributed by atoms with Gasteiger partial charge < -0.3 is 19.6 Å². The Kier molecular flexibility index (Phi) is 4.15. The highest BCUT2D eigenvalue weighted by atomic mass is 16.3. The number of nitrogens with zero attached hydrogens (tertiary/aromatic N) is 2. The summed E-state index contributed by atoms with van der Waals surface area (Å²) < 4.78 is 1.52. The molecule has 0 atom stereocenters. The van der Waals surface area contributed by atoms with Crippen LogP contribution in [-0.2, 0) is 11.3 Å². The van der Waals surface area contributed by atoms with E-state index < -0.39 is 16.9 Å². The quantitative estimate of drug-likeness (QED) is 0.682. The summed E-state index contributed by atoms with van der Waals surface area (Å²) in [7, 11) is 0. The minimum absolute atomic E-state index is 0.0124. The zero-order valence-electron chi connectivity index (χ0n) is 13.2. The Morgan fingerprint density at radius 2 is 2.04 bits per heavy atom. The first kappa shape index (κ1) is 16.3. The number of amides is 1. The van der Waals surface area contributed by atoms with Crippen molar-refractivity contribution in [1.82, 2.24) is 19.4 Å². The maximum atomic E-state index is 12.5. The van der Waals surface area contributed by atoms with Crippen LogP contribution in [0.4, 0.5) is 0 Å². The maximum Gasteiger partial charge on any atom is 0.326 e. The van der Waals surface area contributed by atoms with Crippen LogP contribution >= 0.6 is 0 Å². The summed E-state index contributed by atoms with van der Waals surface area (Å²) in [4.78, 5) is 42.1. The van der Waals surface area contributed by atoms with Crippen LogP contribution < -0.4 is 11.2 Å². The number of nitrogens with one attached hydrogen (secondary N) is 2. The molecule has 1 saturated heterocycles. The Labute approximate surface area is 137 Å². The lowest BCUT2D eigenvalue weighted by molar-refractivity contribution is -0.135. The smallest absolute Gasteiger partial charge is 0.326 e. The Balaban J connectivity index is 1.74. The third-order valence-electron chi connectivity index (χ3n) is 4.53. The van der Waals surface area contributed by atoms with E-state index in [0.717, 1.165) is 0 Å². The molecule has 1 amide bonds. The summed E-state index contributed by atoms with van der Waals surface area (Å²) >= 11 is 0. The van der Waals surface area contributed by atoms with Crippen LogP contribution in [0.25, 0.3) is 11.0 Å². The summed E-state index contributed by atoms with van der Waals surface area (Å²) in [5.41, 5.74) is -1.21. The van der Waals surface area contributed by atoms with Crippen molar-refractivity contribution in [1.29, 1.82) is 0 Å². The van der Waals surface area contributed by atoms with Gasteiger partial charge in [-0.15, -0.1) is 6.58 Å². The molecule has 24 heavy (non-hydrogen) atoms. The Morgan fingerprint density at radius 1 is 1.33 bits per heavy atom. The van der Waals surface area contributed by atoms with Crippen LogP contribution in [0.15, 0.2) is 34.5 Å². The topological polar surface area (TPSA) is 111 Å². The molecule has 1 fully saturated rings. The fraction of sp³-hybridized carbons (Fsp3) is 0.438. The molecule has 0 bridgehead atoms. The molecule has 2 aromatic rings. The van der Waals surface area contributed by atoms with Gasteiger partial charge >= 0.3 is 5.69 Å². The number of aromatic amines is 2. The van der Waals surface area contributed by atoms with Gasteiger partial charge in [0.05, 0.1) is 11.1 Å². The van der Waals surface area contributed by atoms with E-state index in [0.29, 0.717) is 37.9 Å². The largest absolute Gasteiger partial charge is 0.389 e. The number of aromatic nitrogens is 3. The van der Waals surface area contributed by atoms with Crippen molar-refractivity contribution in [2.75, 3.05) is 13.1 Å². The molecular weight excluding hydrogens is 312 g/mol. The average molecular weight is 332 g/mol. The molecule has 1 aliphatic rings. The molecule has 8 heteroatoms. The Hall–Kier alpha value is -2.61. The van der Waals surface area contributed by atoms with E-state index in [1.165, 1.54) is 4.57 Å². The Bertz CT molecular complexity index is 883. The van der Waals surface area contributed by atoms with Gasteiger partial charge in [0, 0.05) is 19.3 Å². The summed E-state index contributed by atoms with van der Waals surface area (Å²) in [6.45, 7) is 4.59. The second kappa shape index (κ2) is 6.12. The van der Waals surface area contributed by atoms with E-state index in [1.807, 2.05) is 0 Å². The third-order valence-corrected chi connectivity index (χ3v) is 4.53. The second-order valence-corrected chi connectivity index (χ2v) is 6.21. The van der Waals surface area contributed by atoms with Crippen molar-refractivity contribution in [2.45, 2.75) is 31.4 Å². The number of likely N-dealkylation sites (tertiary alicyclic amines) is 1. The number of carbonyl (C=O) groups is 1. The van der Waals surface area contributed by atoms with E-state index in [9.17, 15) is 19.5 Å². The number of H-pyrrole nitrogens is 2. The van der Waals surface area contributed by atoms with Crippen molar-refractivity contribution in [3.05, 3.63) is 45.8 Å². The minimum Gasteiger partial charge on any atom is -0.389 e. The highest BCUT2D eigenvalue weighted by Gasteiger charge is 2.32. The van der Waals surface area contributed by atoms with Gasteiger partial charge in [0.25, 0.3) is 5.56 Å². The molecule has 3 rings (SSSR count). The monoisotopic (exact) mass is 332 g/mol. The number of hydrogen-bond donors (Lipinski definition) is 3. The first-order chi connectivity index (χ1) is 11.4. The van der Waals surface area contributed by atoms with E-state index in [4.69, 9.17) is 0 Å². The molecule has 0 unspecified atom stereocenters. The molecule has 0 aromatic carbocycles. The number of fused-ring (bicyclic) bond motifs is 1. The molecule has 0 spiro atoms. The Morgan fingerprint density at radius 3 is 2.71 bits per heavy atom. The van der Waals surface area contributed by atoms with Crippen LogP contribution in [0.5, 0.6) is 0 Å². The van der Waals surface area contributed by atoms with Crippen LogP contribution in [-0.4, -0.2) is 49.1 Å². The highest BCUT2D eigenvalue weighted by Crippen LogP contribution is 2.26. The average Bonchev–Trinajstić information content (AvgIpc) is 2.90. The van der Waals surface area contributed by atoms with Gasteiger partial charge in [0.1, 0.15) is 12.1 Å². The molecule has 0 radical (unpaired) electrons. The van der Waals surface area contributed by atoms with E-state index in [2.05, 4.69) is 16.5 Å². The number of aliphatic hydroxyl groups is 1. The molecule has 0 aliphatic carbocycles. The van der Waals surface area contributed by atoms with Gasteiger partial charge in [0.15, 0.2) is 0 Å². The molecule has 2 aromatic heterocycles. The van der Waals surface area contributed by atoms with Gasteiger partial charge in [-0.1, -0.05) is 6.08 Å². The lowest BCUT2D eigenvalue weighted by Crippen LogP contribution is -2.47. The van der Waals surface area contributed by atoms with Crippen LogP contribution in [0, 0.1) is 0 Å². The molecule has 0 saturated carbocycles. The van der Waals surface area contributed by atoms with Crippen molar-refractivity contribution in [3.8, 4) is 0 Å². The van der Waals surface area contributed by atoms with Crippen LogP contribution in [0.3, 0.4) is 0 Å². The number of piperidine rings is 1. The molecule has 8 nitrogen and oxygen atoms in total. The predicted octanol–water partition coefficient (Wildman–Crippen LogP) is -0.0525. The zero-order valence-corrected chi connectivity index (χ0v) is 13.2. The summed E-state index contributed by atoms with van der Waals surface area (Å²) in [5.74, 6) is -0.126. The standard InChI is InChI=1S/C16H20N4O4/c1-2-4-16(24)5-8-19(9-6-16)12(21)10-20-7-3-11-13(20)14(22)18-15(23)17-11/h2-3,7,24H,1,4-6,8-10H2,(H2,17,18,22,23). The van der Waals surface area contributed by atoms with Gasteiger partial charge in [0.2, 0.25) is 5.91 Å². The molecule has 128 valence electrons. The lowest BCUT2D eigenvalue weighted by Gasteiger charge is -2.37. The summed E-state index contributed by atoms with van der Waals surface area (Å²) in [6, 6.07) is 1.60. The normalized spacial score (nSPS) is 17.1. The van der Waals surface area contributed by atoms with Gasteiger partial charge in [-0.3, -0.25) is 14.6 Å². The lowest BCUT2D eigenvalue weighted by atomic mass is 9.88. The third kappa shape index (κ3) is 3.05. The van der Waals surface area contributed by atoms with Gasteiger partial charge in [-0.25, -0.2) is 4.79 Å². The van der Waals surface area contributed by atoms with E-state index in [-0.39, 0.29) is 18.0 Å². The number of hydrogen-bond acceptors (Lipinski definition) is 4. The van der Waals surface area contributed by atoms with Crippen molar-refractivity contribution in [2.24, 2.45) is 0 Å². The minimum atomic E-state index is -0.782.